The normalized spacial score (nSPS) is 10.4. The predicted octanol–water partition coefficient (Wildman–Crippen LogP) is 3.61. The minimum absolute atomic E-state index is 0.0857. The first kappa shape index (κ1) is 15.8. The summed E-state index contributed by atoms with van der Waals surface area (Å²) < 4.78 is 15.9. The molecule has 5 nitrogen and oxygen atoms in total. The third-order valence-electron chi connectivity index (χ3n) is 3.70. The zero-order chi connectivity index (χ0) is 16.9. The van der Waals surface area contributed by atoms with Crippen molar-refractivity contribution in [3.63, 3.8) is 0 Å². The molecule has 2 aromatic carbocycles. The van der Waals surface area contributed by atoms with Gasteiger partial charge in [-0.15, -0.1) is 0 Å². The van der Waals surface area contributed by atoms with E-state index < -0.39 is 5.97 Å². The lowest BCUT2D eigenvalue weighted by atomic mass is 10.1. The number of aromatic nitrogens is 1. The SMILES string of the molecule is COc1ccc(OC)c(COC(=O)c2cccc3cccnc23)c1. The molecule has 0 saturated carbocycles. The van der Waals surface area contributed by atoms with Crippen LogP contribution < -0.4 is 9.47 Å². The Morgan fingerprint density at radius 2 is 1.88 bits per heavy atom. The van der Waals surface area contributed by atoms with Crippen molar-refractivity contribution in [3.05, 3.63) is 65.9 Å². The Bertz CT molecular complexity index is 871. The molecule has 0 saturated heterocycles. The van der Waals surface area contributed by atoms with Crippen molar-refractivity contribution >= 4 is 16.9 Å². The van der Waals surface area contributed by atoms with Gasteiger partial charge in [0.2, 0.25) is 0 Å². The fourth-order valence-corrected chi connectivity index (χ4v) is 2.48. The lowest BCUT2D eigenvalue weighted by Gasteiger charge is -2.11. The fourth-order valence-electron chi connectivity index (χ4n) is 2.48. The molecule has 0 N–H and O–H groups in total. The highest BCUT2D eigenvalue weighted by Crippen LogP contribution is 2.25. The van der Waals surface area contributed by atoms with Crippen LogP contribution in [0, 0.1) is 0 Å². The molecule has 0 unspecified atom stereocenters. The number of benzene rings is 2. The van der Waals surface area contributed by atoms with Gasteiger partial charge in [-0.1, -0.05) is 18.2 Å². The third-order valence-corrected chi connectivity index (χ3v) is 3.70. The number of ether oxygens (including phenoxy) is 3. The highest BCUT2D eigenvalue weighted by Gasteiger charge is 2.14. The first-order valence-corrected chi connectivity index (χ1v) is 7.44. The molecule has 0 radical (unpaired) electrons. The smallest absolute Gasteiger partial charge is 0.340 e. The average Bonchev–Trinajstić information content (AvgIpc) is 2.65. The average molecular weight is 323 g/mol. The number of methoxy groups -OCH3 is 2. The molecule has 1 aromatic heterocycles. The number of carbonyl (C=O) groups excluding carboxylic acids is 1. The van der Waals surface area contributed by atoms with Crippen molar-refractivity contribution in [2.24, 2.45) is 0 Å². The van der Waals surface area contributed by atoms with Gasteiger partial charge in [0.25, 0.3) is 0 Å². The summed E-state index contributed by atoms with van der Waals surface area (Å²) >= 11 is 0. The van der Waals surface area contributed by atoms with E-state index in [1.165, 1.54) is 0 Å². The van der Waals surface area contributed by atoms with Crippen LogP contribution in [-0.4, -0.2) is 25.2 Å². The van der Waals surface area contributed by atoms with E-state index in [9.17, 15) is 4.79 Å². The monoisotopic (exact) mass is 323 g/mol. The number of pyridine rings is 1. The maximum absolute atomic E-state index is 12.5. The Labute approximate surface area is 139 Å². The van der Waals surface area contributed by atoms with Crippen molar-refractivity contribution in [1.29, 1.82) is 0 Å². The lowest BCUT2D eigenvalue weighted by Crippen LogP contribution is -2.07. The number of para-hydroxylation sites is 1. The largest absolute Gasteiger partial charge is 0.497 e. The van der Waals surface area contributed by atoms with E-state index in [0.717, 1.165) is 10.9 Å². The van der Waals surface area contributed by atoms with Gasteiger partial charge in [-0.05, 0) is 30.3 Å². The summed E-state index contributed by atoms with van der Waals surface area (Å²) in [6, 6.07) is 14.5. The topological polar surface area (TPSA) is 57.7 Å². The molecule has 122 valence electrons. The molecule has 0 bridgehead atoms. The minimum atomic E-state index is -0.427. The molecule has 0 fully saturated rings. The minimum Gasteiger partial charge on any atom is -0.497 e. The van der Waals surface area contributed by atoms with Gasteiger partial charge in [0.15, 0.2) is 0 Å². The second kappa shape index (κ2) is 7.00. The zero-order valence-corrected chi connectivity index (χ0v) is 13.5. The van der Waals surface area contributed by atoms with Crippen LogP contribution in [-0.2, 0) is 11.3 Å². The van der Waals surface area contributed by atoms with Gasteiger partial charge < -0.3 is 14.2 Å². The van der Waals surface area contributed by atoms with Crippen molar-refractivity contribution in [3.8, 4) is 11.5 Å². The third kappa shape index (κ3) is 3.15. The molecule has 0 aliphatic carbocycles. The quantitative estimate of drug-likeness (QED) is 0.671. The summed E-state index contributed by atoms with van der Waals surface area (Å²) in [4.78, 5) is 16.7. The van der Waals surface area contributed by atoms with Crippen LogP contribution >= 0.6 is 0 Å². The number of carbonyl (C=O) groups is 1. The summed E-state index contributed by atoms with van der Waals surface area (Å²) in [5.41, 5.74) is 1.80. The van der Waals surface area contributed by atoms with Crippen molar-refractivity contribution in [1.82, 2.24) is 4.98 Å². The molecule has 3 rings (SSSR count). The molecule has 0 aliphatic heterocycles. The number of hydrogen-bond donors (Lipinski definition) is 0. The molecule has 5 heteroatoms. The Morgan fingerprint density at radius 3 is 2.67 bits per heavy atom. The second-order valence-corrected chi connectivity index (χ2v) is 5.13. The molecule has 0 atom stereocenters. The predicted molar refractivity (Wildman–Crippen MR) is 90.4 cm³/mol. The van der Waals surface area contributed by atoms with Gasteiger partial charge in [-0.2, -0.15) is 0 Å². The molecule has 0 aliphatic rings. The molecule has 0 spiro atoms. The van der Waals surface area contributed by atoms with Crippen LogP contribution in [0.1, 0.15) is 15.9 Å². The summed E-state index contributed by atoms with van der Waals surface area (Å²) in [7, 11) is 3.15. The van der Waals surface area contributed by atoms with E-state index >= 15 is 0 Å². The summed E-state index contributed by atoms with van der Waals surface area (Å²) in [5.74, 6) is 0.887. The molecule has 0 amide bonds. The van der Waals surface area contributed by atoms with Crippen LogP contribution in [0.2, 0.25) is 0 Å². The molecule has 3 aromatic rings. The van der Waals surface area contributed by atoms with Crippen LogP contribution in [0.15, 0.2) is 54.7 Å². The number of nitrogens with zero attached hydrogens (tertiary/aromatic N) is 1. The molecular weight excluding hydrogens is 306 g/mol. The molecular formula is C19H17NO4. The zero-order valence-electron chi connectivity index (χ0n) is 13.5. The van der Waals surface area contributed by atoms with E-state index in [1.807, 2.05) is 24.3 Å². The van der Waals surface area contributed by atoms with Gasteiger partial charge in [0, 0.05) is 17.1 Å². The Morgan fingerprint density at radius 1 is 1.04 bits per heavy atom. The van der Waals surface area contributed by atoms with Crippen LogP contribution in [0.25, 0.3) is 10.9 Å². The van der Waals surface area contributed by atoms with E-state index in [4.69, 9.17) is 14.2 Å². The maximum Gasteiger partial charge on any atom is 0.340 e. The number of rotatable bonds is 5. The number of hydrogen-bond acceptors (Lipinski definition) is 5. The van der Waals surface area contributed by atoms with Gasteiger partial charge in [-0.3, -0.25) is 4.98 Å². The van der Waals surface area contributed by atoms with E-state index in [1.54, 1.807) is 44.7 Å². The summed E-state index contributed by atoms with van der Waals surface area (Å²) in [6.07, 6.45) is 1.66. The molecule has 1 heterocycles. The van der Waals surface area contributed by atoms with Gasteiger partial charge in [0.1, 0.15) is 18.1 Å². The first-order valence-electron chi connectivity index (χ1n) is 7.44. The van der Waals surface area contributed by atoms with Gasteiger partial charge >= 0.3 is 5.97 Å². The highest BCUT2D eigenvalue weighted by molar-refractivity contribution is 6.02. The van der Waals surface area contributed by atoms with Crippen molar-refractivity contribution in [2.75, 3.05) is 14.2 Å². The van der Waals surface area contributed by atoms with E-state index in [-0.39, 0.29) is 6.61 Å². The maximum atomic E-state index is 12.5. The van der Waals surface area contributed by atoms with Gasteiger partial charge in [-0.25, -0.2) is 4.79 Å². The van der Waals surface area contributed by atoms with Crippen LogP contribution in [0.4, 0.5) is 0 Å². The number of fused-ring (bicyclic) bond motifs is 1. The Balaban J connectivity index is 1.83. The second-order valence-electron chi connectivity index (χ2n) is 5.13. The fraction of sp³-hybridized carbons (Fsp3) is 0.158. The van der Waals surface area contributed by atoms with Crippen LogP contribution in [0.5, 0.6) is 11.5 Å². The summed E-state index contributed by atoms with van der Waals surface area (Å²) in [5, 5.41) is 0.894. The van der Waals surface area contributed by atoms with Crippen molar-refractivity contribution in [2.45, 2.75) is 6.61 Å². The van der Waals surface area contributed by atoms with Gasteiger partial charge in [0.05, 0.1) is 25.3 Å². The summed E-state index contributed by atoms with van der Waals surface area (Å²) in [6.45, 7) is 0.0857. The Kier molecular flexibility index (Phi) is 4.61. The van der Waals surface area contributed by atoms with E-state index in [0.29, 0.717) is 22.6 Å². The molecule has 24 heavy (non-hydrogen) atoms. The number of esters is 1. The van der Waals surface area contributed by atoms with Crippen LogP contribution in [0.3, 0.4) is 0 Å². The van der Waals surface area contributed by atoms with E-state index in [2.05, 4.69) is 4.98 Å². The standard InChI is InChI=1S/C19H17NO4/c1-22-15-8-9-17(23-2)14(11-15)12-24-19(21)16-7-3-5-13-6-4-10-20-18(13)16/h3-11H,12H2,1-2H3. The lowest BCUT2D eigenvalue weighted by molar-refractivity contribution is 0.0472. The first-order chi connectivity index (χ1) is 11.7. The highest BCUT2D eigenvalue weighted by atomic mass is 16.5. The van der Waals surface area contributed by atoms with Crippen molar-refractivity contribution < 1.29 is 19.0 Å². The Hall–Kier alpha value is -3.08.